The Balaban J connectivity index is 1.61. The first kappa shape index (κ1) is 80.4. The molecule has 0 spiro atoms. The zero-order valence-electron chi connectivity index (χ0n) is 61.6. The van der Waals surface area contributed by atoms with E-state index in [1.54, 1.807) is 30.3 Å². The Kier molecular flexibility index (Phi) is 36.4. The number of anilines is 5. The lowest BCUT2D eigenvalue weighted by Gasteiger charge is -2.21. The molecule has 6 rings (SSSR count). The normalized spacial score (nSPS) is 12.4. The van der Waals surface area contributed by atoms with Crippen LogP contribution in [0.5, 0.6) is 57.5 Å². The molecule has 0 radical (unpaired) electrons. The van der Waals surface area contributed by atoms with Crippen molar-refractivity contribution in [3.8, 4) is 57.5 Å². The fourth-order valence-electron chi connectivity index (χ4n) is 12.1. The monoisotopic (exact) mass is 1390 g/mol. The number of carbonyl (C=O) groups is 5. The maximum Gasteiger partial charge on any atom is 0.259 e. The minimum Gasteiger partial charge on any atom is -0.494 e. The molecule has 20 heteroatoms. The highest BCUT2D eigenvalue weighted by molar-refractivity contribution is 6.16. The number of amides is 5. The maximum absolute atomic E-state index is 15.3. The molecule has 5 N–H and O–H groups in total. The Morgan fingerprint density at radius 2 is 0.370 bits per heavy atom. The first-order valence-corrected chi connectivity index (χ1v) is 37.1. The largest absolute Gasteiger partial charge is 0.494 e. The van der Waals surface area contributed by atoms with Crippen molar-refractivity contribution in [2.45, 2.75) is 227 Å². The summed E-state index contributed by atoms with van der Waals surface area (Å²) >= 11 is 0. The minimum absolute atomic E-state index is 0.0372. The first-order chi connectivity index (χ1) is 48.8. The predicted molar refractivity (Wildman–Crippen MR) is 399 cm³/mol. The number of benzene rings is 5. The molecular weight excluding hydrogens is 1270 g/mol. The average Bonchev–Trinajstić information content (AvgIpc) is 0.820. The summed E-state index contributed by atoms with van der Waals surface area (Å²) in [6.07, 6.45) is 30.1. The van der Waals surface area contributed by atoms with E-state index in [9.17, 15) is 0 Å². The lowest BCUT2D eigenvalue weighted by molar-refractivity contribution is 0.100. The fourth-order valence-corrected chi connectivity index (χ4v) is 12.1. The van der Waals surface area contributed by atoms with Gasteiger partial charge in [-0.25, -0.2) is 0 Å². The summed E-state index contributed by atoms with van der Waals surface area (Å²) < 4.78 is 62.5. The molecule has 1 aliphatic heterocycles. The Bertz CT molecular complexity index is 2860. The molecule has 5 aromatic carbocycles. The van der Waals surface area contributed by atoms with E-state index in [0.717, 1.165) is 193 Å². The van der Waals surface area contributed by atoms with E-state index in [2.05, 4.69) is 61.2 Å². The van der Waals surface area contributed by atoms with Crippen LogP contribution in [0.2, 0.25) is 0 Å². The van der Waals surface area contributed by atoms with Gasteiger partial charge in [0.25, 0.3) is 29.5 Å². The van der Waals surface area contributed by atoms with Gasteiger partial charge in [-0.2, -0.15) is 0 Å². The number of nitrogens with one attached hydrogen (secondary N) is 5. The molecule has 0 aromatic heterocycles. The summed E-state index contributed by atoms with van der Waals surface area (Å²) in [5.74, 6) is -2.58. The van der Waals surface area contributed by atoms with Crippen molar-refractivity contribution in [3.05, 3.63) is 88.5 Å². The Labute approximate surface area is 595 Å². The van der Waals surface area contributed by atoms with Gasteiger partial charge in [0.2, 0.25) is 0 Å². The SMILES string of the molecule is CCCCCCCCOc1cc2c(OC)c(c1)C(=O)Nc1cc(OCCCCCCCC)cc(c1OC)C(=O)Nc1cc(OCCCCCCCC)cc(c1OC)C(=O)Nc1cc(OCCCCCCCC)cc(c1OC)C(=O)Nc1cc(OCCCCCCCC)cc(c1OC)C(=O)N2. The molecule has 0 saturated carbocycles. The molecule has 0 aliphatic carbocycles. The Morgan fingerprint density at radius 1 is 0.220 bits per heavy atom. The van der Waals surface area contributed by atoms with Crippen LogP contribution in [0.3, 0.4) is 0 Å². The van der Waals surface area contributed by atoms with Crippen LogP contribution in [0.1, 0.15) is 279 Å². The molecular formula is C80H115N5O15. The second-order valence-corrected chi connectivity index (χ2v) is 25.6. The highest BCUT2D eigenvalue weighted by Gasteiger charge is 2.30. The van der Waals surface area contributed by atoms with Crippen molar-refractivity contribution in [1.29, 1.82) is 0 Å². The van der Waals surface area contributed by atoms with Gasteiger partial charge < -0.3 is 74.0 Å². The van der Waals surface area contributed by atoms with Gasteiger partial charge in [-0.15, -0.1) is 0 Å². The van der Waals surface area contributed by atoms with Crippen molar-refractivity contribution < 1.29 is 71.3 Å². The van der Waals surface area contributed by atoms with Crippen LogP contribution in [0.4, 0.5) is 28.4 Å². The quantitative estimate of drug-likeness (QED) is 0.0228. The smallest absolute Gasteiger partial charge is 0.259 e. The van der Waals surface area contributed by atoms with Crippen molar-refractivity contribution >= 4 is 58.0 Å². The third kappa shape index (κ3) is 25.3. The summed E-state index contributed by atoms with van der Waals surface area (Å²) in [5.41, 5.74) is 0.0337. The second kappa shape index (κ2) is 45.3. The fraction of sp³-hybridized carbons (Fsp3) is 0.562. The van der Waals surface area contributed by atoms with E-state index >= 15 is 24.0 Å². The molecule has 550 valence electrons. The van der Waals surface area contributed by atoms with Crippen molar-refractivity contribution in [3.63, 3.8) is 0 Å². The van der Waals surface area contributed by atoms with E-state index in [4.69, 9.17) is 47.4 Å². The van der Waals surface area contributed by atoms with E-state index in [-0.39, 0.29) is 114 Å². The topological polar surface area (TPSA) is 238 Å². The van der Waals surface area contributed by atoms with Gasteiger partial charge in [0, 0.05) is 30.3 Å². The standard InChI is InChI=1S/C80H115N5O15/c1-11-16-21-26-31-36-41-96-56-46-61-71(91-6)66(51-56)81-77(87)62-47-57(97-42-37-32-27-22-17-12-2)53-68(72(62)92-7)83-79(89)64-49-59(99-44-39-34-29-24-19-14-4)55-70(74(64)94-9)85-80(90)65-50-60(100-45-40-35-30-25-20-15-5)54-69(75(65)95-10)84-78(88)63-48-58(98-43-38-33-28-23-18-13-3)52-67(73(63)93-8)82-76(61)86/h46-55H,11-45H2,1-10H3,(H,81,87)(H,82,86)(H,83,89)(H,84,88)(H,85,90). The zero-order valence-corrected chi connectivity index (χ0v) is 61.6. The highest BCUT2D eigenvalue weighted by atomic mass is 16.5. The molecule has 0 unspecified atom stereocenters. The van der Waals surface area contributed by atoms with Crippen LogP contribution < -0.4 is 74.0 Å². The van der Waals surface area contributed by atoms with Crippen molar-refractivity contribution in [1.82, 2.24) is 0 Å². The van der Waals surface area contributed by atoms with E-state index in [1.165, 1.54) is 65.9 Å². The van der Waals surface area contributed by atoms with Gasteiger partial charge in [-0.05, 0) is 62.4 Å². The molecule has 100 heavy (non-hydrogen) atoms. The van der Waals surface area contributed by atoms with E-state index in [0.29, 0.717) is 33.0 Å². The number of carbonyl (C=O) groups excluding carboxylic acids is 5. The summed E-state index contributed by atoms with van der Waals surface area (Å²) in [5, 5.41) is 15.0. The predicted octanol–water partition coefficient (Wildman–Crippen LogP) is 20.0. The number of hydrogen-bond acceptors (Lipinski definition) is 15. The molecule has 0 fully saturated rings. The van der Waals surface area contributed by atoms with Crippen LogP contribution in [0.15, 0.2) is 60.7 Å². The average molecular weight is 1390 g/mol. The van der Waals surface area contributed by atoms with Gasteiger partial charge >= 0.3 is 0 Å². The molecule has 5 aromatic rings. The van der Waals surface area contributed by atoms with Gasteiger partial charge in [0.15, 0.2) is 28.7 Å². The lowest BCUT2D eigenvalue weighted by atomic mass is 10.1. The molecule has 1 aliphatic rings. The van der Waals surface area contributed by atoms with Crippen molar-refractivity contribution in [2.75, 3.05) is 95.2 Å². The van der Waals surface area contributed by atoms with Crippen LogP contribution in [-0.2, 0) is 0 Å². The maximum atomic E-state index is 15.3. The number of unbranched alkanes of at least 4 members (excludes halogenated alkanes) is 25. The minimum atomic E-state index is -0.726. The van der Waals surface area contributed by atoms with Crippen LogP contribution in [-0.4, -0.2) is 98.1 Å². The summed E-state index contributed by atoms with van der Waals surface area (Å²) in [6, 6.07) is 15.6. The molecule has 5 amide bonds. The Morgan fingerprint density at radius 3 is 0.520 bits per heavy atom. The second-order valence-electron chi connectivity index (χ2n) is 25.6. The summed E-state index contributed by atoms with van der Waals surface area (Å²) in [6.45, 7) is 12.4. The van der Waals surface area contributed by atoms with Gasteiger partial charge in [-0.3, -0.25) is 24.0 Å². The van der Waals surface area contributed by atoms with Crippen LogP contribution in [0, 0.1) is 0 Å². The lowest BCUT2D eigenvalue weighted by Crippen LogP contribution is -2.20. The van der Waals surface area contributed by atoms with Crippen molar-refractivity contribution in [2.24, 2.45) is 0 Å². The zero-order chi connectivity index (χ0) is 71.9. The molecule has 10 bridgehead atoms. The molecule has 0 saturated heterocycles. The number of hydrogen-bond donors (Lipinski definition) is 5. The van der Waals surface area contributed by atoms with Crippen LogP contribution in [0.25, 0.3) is 0 Å². The molecule has 20 nitrogen and oxygen atoms in total. The van der Waals surface area contributed by atoms with Gasteiger partial charge in [0.05, 0.1) is 125 Å². The third-order valence-corrected chi connectivity index (χ3v) is 17.6. The number of rotatable bonds is 45. The molecule has 1 heterocycles. The highest BCUT2D eigenvalue weighted by Crippen LogP contribution is 2.43. The third-order valence-electron chi connectivity index (χ3n) is 17.6. The van der Waals surface area contributed by atoms with Gasteiger partial charge in [-0.1, -0.05) is 195 Å². The number of ether oxygens (including phenoxy) is 10. The number of methoxy groups -OCH3 is 5. The molecule has 0 atom stereocenters. The summed E-state index contributed by atoms with van der Waals surface area (Å²) in [4.78, 5) is 76.7. The van der Waals surface area contributed by atoms with Gasteiger partial charge in [0.1, 0.15) is 28.7 Å². The number of fused-ring (bicyclic) bond motifs is 10. The van der Waals surface area contributed by atoms with E-state index < -0.39 is 29.5 Å². The summed E-state index contributed by atoms with van der Waals surface area (Å²) in [7, 11) is 6.91. The Hall–Kier alpha value is -8.55. The van der Waals surface area contributed by atoms with Crippen LogP contribution >= 0.6 is 0 Å². The van der Waals surface area contributed by atoms with E-state index in [1.807, 2.05) is 0 Å². The first-order valence-electron chi connectivity index (χ1n) is 37.1.